The molecule has 1 aromatic heterocycles. The fraction of sp³-hybridized carbons (Fsp3) is 0.333. The lowest BCUT2D eigenvalue weighted by molar-refractivity contribution is 0.122. The molecule has 1 saturated heterocycles. The number of ether oxygens (including phenoxy) is 2. The van der Waals surface area contributed by atoms with Gasteiger partial charge in [0, 0.05) is 19.2 Å². The Morgan fingerprint density at radius 3 is 2.50 bits per heavy atom. The van der Waals surface area contributed by atoms with Crippen molar-refractivity contribution in [3.8, 4) is 5.88 Å². The van der Waals surface area contributed by atoms with Gasteiger partial charge in [-0.05, 0) is 11.6 Å². The fourth-order valence-corrected chi connectivity index (χ4v) is 2.08. The van der Waals surface area contributed by atoms with Crippen molar-refractivity contribution in [1.82, 2.24) is 10.2 Å². The van der Waals surface area contributed by atoms with Crippen LogP contribution in [0.15, 0.2) is 42.5 Å². The van der Waals surface area contributed by atoms with Crippen molar-refractivity contribution in [2.45, 2.75) is 6.61 Å². The molecule has 0 unspecified atom stereocenters. The first-order valence-corrected chi connectivity index (χ1v) is 6.75. The van der Waals surface area contributed by atoms with E-state index in [9.17, 15) is 0 Å². The van der Waals surface area contributed by atoms with Crippen LogP contribution < -0.4 is 9.64 Å². The average Bonchev–Trinajstić information content (AvgIpc) is 2.55. The number of nitrogens with zero attached hydrogens (tertiary/aromatic N) is 3. The Morgan fingerprint density at radius 2 is 1.80 bits per heavy atom. The lowest BCUT2D eigenvalue weighted by Crippen LogP contribution is -2.36. The molecule has 0 spiro atoms. The van der Waals surface area contributed by atoms with Gasteiger partial charge in [0.25, 0.3) is 0 Å². The lowest BCUT2D eigenvalue weighted by Gasteiger charge is -2.27. The van der Waals surface area contributed by atoms with Gasteiger partial charge in [0.15, 0.2) is 5.82 Å². The molecule has 0 saturated carbocycles. The second-order valence-electron chi connectivity index (χ2n) is 4.60. The summed E-state index contributed by atoms with van der Waals surface area (Å²) in [7, 11) is 0. The van der Waals surface area contributed by atoms with Crippen LogP contribution in [0.1, 0.15) is 5.56 Å². The second kappa shape index (κ2) is 6.34. The van der Waals surface area contributed by atoms with E-state index in [0.29, 0.717) is 12.5 Å². The third-order valence-electron chi connectivity index (χ3n) is 3.19. The van der Waals surface area contributed by atoms with E-state index in [2.05, 4.69) is 15.1 Å². The van der Waals surface area contributed by atoms with Crippen molar-refractivity contribution in [2.24, 2.45) is 0 Å². The minimum absolute atomic E-state index is 0.506. The Bertz CT molecular complexity index is 525. The molecule has 0 aliphatic carbocycles. The molecule has 3 rings (SSSR count). The van der Waals surface area contributed by atoms with E-state index in [1.165, 1.54) is 0 Å². The summed E-state index contributed by atoms with van der Waals surface area (Å²) in [6.07, 6.45) is 0. The maximum absolute atomic E-state index is 5.62. The average molecular weight is 271 g/mol. The Hall–Kier alpha value is -2.14. The van der Waals surface area contributed by atoms with Crippen molar-refractivity contribution in [1.29, 1.82) is 0 Å². The predicted molar refractivity (Wildman–Crippen MR) is 75.8 cm³/mol. The van der Waals surface area contributed by atoms with E-state index in [-0.39, 0.29) is 0 Å². The Morgan fingerprint density at radius 1 is 1.00 bits per heavy atom. The number of anilines is 1. The summed E-state index contributed by atoms with van der Waals surface area (Å²) < 4.78 is 10.9. The fourth-order valence-electron chi connectivity index (χ4n) is 2.08. The monoisotopic (exact) mass is 271 g/mol. The smallest absolute Gasteiger partial charge is 0.233 e. The van der Waals surface area contributed by atoms with Gasteiger partial charge in [0.05, 0.1) is 13.2 Å². The van der Waals surface area contributed by atoms with E-state index in [0.717, 1.165) is 37.7 Å². The standard InChI is InChI=1S/C15H17N3O2/c1-2-4-13(5-3-1)12-20-15-7-6-14(16-17-15)18-8-10-19-11-9-18/h1-7H,8-12H2. The minimum Gasteiger partial charge on any atom is -0.472 e. The molecular formula is C15H17N3O2. The maximum atomic E-state index is 5.62. The van der Waals surface area contributed by atoms with Crippen molar-refractivity contribution >= 4 is 5.82 Å². The molecule has 1 aliphatic heterocycles. The SMILES string of the molecule is c1ccc(COc2ccc(N3CCOCC3)nn2)cc1. The number of benzene rings is 1. The van der Waals surface area contributed by atoms with Crippen LogP contribution in [0.2, 0.25) is 0 Å². The van der Waals surface area contributed by atoms with Crippen molar-refractivity contribution in [3.63, 3.8) is 0 Å². The van der Waals surface area contributed by atoms with Gasteiger partial charge in [-0.3, -0.25) is 0 Å². The van der Waals surface area contributed by atoms with Gasteiger partial charge < -0.3 is 14.4 Å². The number of aromatic nitrogens is 2. The van der Waals surface area contributed by atoms with Gasteiger partial charge in [-0.25, -0.2) is 0 Å². The van der Waals surface area contributed by atoms with Crippen LogP contribution in [0.25, 0.3) is 0 Å². The number of morpholine rings is 1. The highest BCUT2D eigenvalue weighted by Crippen LogP contribution is 2.15. The van der Waals surface area contributed by atoms with Crippen LogP contribution in [0.5, 0.6) is 5.88 Å². The summed E-state index contributed by atoms with van der Waals surface area (Å²) in [5.41, 5.74) is 1.12. The molecule has 1 aliphatic rings. The summed E-state index contributed by atoms with van der Waals surface area (Å²) >= 11 is 0. The summed E-state index contributed by atoms with van der Waals surface area (Å²) in [5, 5.41) is 8.32. The van der Waals surface area contributed by atoms with Gasteiger partial charge in [-0.15, -0.1) is 10.2 Å². The lowest BCUT2D eigenvalue weighted by atomic mass is 10.2. The molecule has 0 atom stereocenters. The van der Waals surface area contributed by atoms with Gasteiger partial charge in [0.2, 0.25) is 5.88 Å². The molecule has 0 radical (unpaired) electrons. The minimum atomic E-state index is 0.506. The van der Waals surface area contributed by atoms with E-state index < -0.39 is 0 Å². The third-order valence-corrected chi connectivity index (χ3v) is 3.19. The Labute approximate surface area is 118 Å². The molecule has 0 N–H and O–H groups in total. The Kier molecular flexibility index (Phi) is 4.08. The zero-order valence-corrected chi connectivity index (χ0v) is 11.2. The van der Waals surface area contributed by atoms with Gasteiger partial charge >= 0.3 is 0 Å². The van der Waals surface area contributed by atoms with Gasteiger partial charge in [0.1, 0.15) is 6.61 Å². The van der Waals surface area contributed by atoms with Crippen LogP contribution in [0.3, 0.4) is 0 Å². The van der Waals surface area contributed by atoms with Gasteiger partial charge in [-0.2, -0.15) is 0 Å². The van der Waals surface area contributed by atoms with E-state index in [1.54, 1.807) is 0 Å². The highest BCUT2D eigenvalue weighted by molar-refractivity contribution is 5.38. The first-order valence-electron chi connectivity index (χ1n) is 6.75. The van der Waals surface area contributed by atoms with E-state index >= 15 is 0 Å². The summed E-state index contributed by atoms with van der Waals surface area (Å²) in [6, 6.07) is 13.8. The number of hydrogen-bond acceptors (Lipinski definition) is 5. The molecule has 1 aromatic carbocycles. The van der Waals surface area contributed by atoms with Crippen LogP contribution in [0, 0.1) is 0 Å². The highest BCUT2D eigenvalue weighted by Gasteiger charge is 2.12. The predicted octanol–water partition coefficient (Wildman–Crippen LogP) is 1.89. The van der Waals surface area contributed by atoms with Crippen molar-refractivity contribution in [3.05, 3.63) is 48.0 Å². The third kappa shape index (κ3) is 3.24. The van der Waals surface area contributed by atoms with E-state index in [1.807, 2.05) is 42.5 Å². The van der Waals surface area contributed by atoms with Crippen molar-refractivity contribution in [2.75, 3.05) is 31.2 Å². The topological polar surface area (TPSA) is 47.5 Å². The number of rotatable bonds is 4. The molecule has 5 heteroatoms. The molecule has 104 valence electrons. The van der Waals surface area contributed by atoms with Crippen molar-refractivity contribution < 1.29 is 9.47 Å². The second-order valence-corrected chi connectivity index (χ2v) is 4.60. The van der Waals surface area contributed by atoms with Crippen LogP contribution in [0.4, 0.5) is 5.82 Å². The Balaban J connectivity index is 1.58. The first kappa shape index (κ1) is 12.9. The first-order chi connectivity index (χ1) is 9.92. The molecular weight excluding hydrogens is 254 g/mol. The molecule has 0 bridgehead atoms. The molecule has 1 fully saturated rings. The largest absolute Gasteiger partial charge is 0.472 e. The van der Waals surface area contributed by atoms with Crippen LogP contribution in [-0.2, 0) is 11.3 Å². The quantitative estimate of drug-likeness (QED) is 0.850. The highest BCUT2D eigenvalue weighted by atomic mass is 16.5. The number of hydrogen-bond donors (Lipinski definition) is 0. The zero-order valence-electron chi connectivity index (χ0n) is 11.2. The van der Waals surface area contributed by atoms with Gasteiger partial charge in [-0.1, -0.05) is 30.3 Å². The van der Waals surface area contributed by atoms with E-state index in [4.69, 9.17) is 9.47 Å². The zero-order chi connectivity index (χ0) is 13.6. The summed E-state index contributed by atoms with van der Waals surface area (Å²) in [6.45, 7) is 3.71. The normalized spacial score (nSPS) is 15.1. The summed E-state index contributed by atoms with van der Waals surface area (Å²) in [5.74, 6) is 1.42. The molecule has 2 heterocycles. The maximum Gasteiger partial charge on any atom is 0.233 e. The molecule has 2 aromatic rings. The van der Waals surface area contributed by atoms with Crippen LogP contribution in [-0.4, -0.2) is 36.5 Å². The molecule has 0 amide bonds. The van der Waals surface area contributed by atoms with Crippen LogP contribution >= 0.6 is 0 Å². The summed E-state index contributed by atoms with van der Waals surface area (Å²) in [4.78, 5) is 2.16. The molecule has 20 heavy (non-hydrogen) atoms. The molecule has 5 nitrogen and oxygen atoms in total.